The number of aliphatic hydroxyl groups is 1. The molecule has 1 fully saturated rings. The Kier molecular flexibility index (Phi) is 6.06. The zero-order chi connectivity index (χ0) is 20.4. The normalized spacial score (nSPS) is 20.0. The number of aliphatic hydroxyl groups excluding tert-OH is 1. The van der Waals surface area contributed by atoms with E-state index in [-0.39, 0.29) is 12.0 Å². The molecular formula is C22H26ClN3O3. The fourth-order valence-corrected chi connectivity index (χ4v) is 4.19. The summed E-state index contributed by atoms with van der Waals surface area (Å²) in [5, 5.41) is 17.3. The summed E-state index contributed by atoms with van der Waals surface area (Å²) in [5.41, 5.74) is 3.99. The Labute approximate surface area is 175 Å². The van der Waals surface area contributed by atoms with Crippen molar-refractivity contribution in [2.75, 3.05) is 32.7 Å². The number of halogens is 1. The molecule has 3 N–H and O–H groups in total. The van der Waals surface area contributed by atoms with Crippen LogP contribution in [-0.4, -0.2) is 54.7 Å². The van der Waals surface area contributed by atoms with Crippen LogP contribution in [0.4, 0.5) is 0 Å². The fourth-order valence-electron chi connectivity index (χ4n) is 3.91. The minimum absolute atomic E-state index is 0.0700. The summed E-state index contributed by atoms with van der Waals surface area (Å²) in [5.74, 6) is 0.635. The molecule has 0 saturated carbocycles. The van der Waals surface area contributed by atoms with Crippen LogP contribution < -0.4 is 15.4 Å². The van der Waals surface area contributed by atoms with Crippen molar-refractivity contribution >= 4 is 17.5 Å². The quantitative estimate of drug-likeness (QED) is 0.699. The molecule has 2 aliphatic rings. The van der Waals surface area contributed by atoms with Crippen LogP contribution in [0.1, 0.15) is 24.3 Å². The summed E-state index contributed by atoms with van der Waals surface area (Å²) in [6.07, 6.45) is 0.0269. The van der Waals surface area contributed by atoms with Gasteiger partial charge in [-0.15, -0.1) is 0 Å². The molecule has 4 rings (SSSR count). The average molecular weight is 416 g/mol. The maximum absolute atomic E-state index is 11.1. The highest BCUT2D eigenvalue weighted by Crippen LogP contribution is 2.39. The number of fused-ring (bicyclic) bond motifs is 1. The van der Waals surface area contributed by atoms with E-state index in [4.69, 9.17) is 16.3 Å². The molecule has 2 aromatic rings. The lowest BCUT2D eigenvalue weighted by Crippen LogP contribution is -2.45. The summed E-state index contributed by atoms with van der Waals surface area (Å²) < 4.78 is 5.91. The van der Waals surface area contributed by atoms with E-state index in [0.29, 0.717) is 23.7 Å². The Morgan fingerprint density at radius 2 is 2.00 bits per heavy atom. The van der Waals surface area contributed by atoms with E-state index in [9.17, 15) is 9.90 Å². The Morgan fingerprint density at radius 1 is 1.28 bits per heavy atom. The van der Waals surface area contributed by atoms with Gasteiger partial charge in [0.1, 0.15) is 18.1 Å². The van der Waals surface area contributed by atoms with Gasteiger partial charge >= 0.3 is 0 Å². The number of nitrogens with zero attached hydrogens (tertiary/aromatic N) is 1. The first-order chi connectivity index (χ1) is 14.0. The molecule has 0 radical (unpaired) electrons. The van der Waals surface area contributed by atoms with Crippen molar-refractivity contribution in [3.8, 4) is 16.9 Å². The van der Waals surface area contributed by atoms with Crippen LogP contribution in [0.25, 0.3) is 11.1 Å². The first-order valence-electron chi connectivity index (χ1n) is 9.98. The van der Waals surface area contributed by atoms with Crippen LogP contribution in [0.2, 0.25) is 5.02 Å². The predicted molar refractivity (Wildman–Crippen MR) is 113 cm³/mol. The van der Waals surface area contributed by atoms with Crippen molar-refractivity contribution in [1.29, 1.82) is 0 Å². The first-order valence-corrected chi connectivity index (χ1v) is 10.4. The van der Waals surface area contributed by atoms with Gasteiger partial charge in [0.2, 0.25) is 5.91 Å². The van der Waals surface area contributed by atoms with Gasteiger partial charge in [-0.05, 0) is 28.8 Å². The SMILES string of the molecule is CC(=O)NCC1Cc2cc(-c3ccc(C(O)N4CCNCC4)cc3)cc(Cl)c2O1. The van der Waals surface area contributed by atoms with Crippen molar-refractivity contribution in [3.63, 3.8) is 0 Å². The maximum Gasteiger partial charge on any atom is 0.217 e. The molecule has 2 heterocycles. The van der Waals surface area contributed by atoms with Crippen molar-refractivity contribution in [2.45, 2.75) is 25.7 Å². The van der Waals surface area contributed by atoms with E-state index in [2.05, 4.69) is 21.6 Å². The predicted octanol–water partition coefficient (Wildman–Crippen LogP) is 2.34. The summed E-state index contributed by atoms with van der Waals surface area (Å²) in [7, 11) is 0. The summed E-state index contributed by atoms with van der Waals surface area (Å²) in [6.45, 7) is 5.43. The van der Waals surface area contributed by atoms with Crippen molar-refractivity contribution in [1.82, 2.24) is 15.5 Å². The number of nitrogens with one attached hydrogen (secondary N) is 2. The van der Waals surface area contributed by atoms with Gasteiger partial charge in [0.05, 0.1) is 11.6 Å². The third-order valence-corrected chi connectivity index (χ3v) is 5.75. The lowest BCUT2D eigenvalue weighted by atomic mass is 9.99. The zero-order valence-corrected chi connectivity index (χ0v) is 17.2. The van der Waals surface area contributed by atoms with Crippen LogP contribution in [0.3, 0.4) is 0 Å². The lowest BCUT2D eigenvalue weighted by molar-refractivity contribution is -0.119. The molecule has 0 aromatic heterocycles. The van der Waals surface area contributed by atoms with Gasteiger partial charge in [0.25, 0.3) is 0 Å². The maximum atomic E-state index is 11.1. The van der Waals surface area contributed by atoms with E-state index < -0.39 is 6.23 Å². The third-order valence-electron chi connectivity index (χ3n) is 5.47. The monoisotopic (exact) mass is 415 g/mol. The standard InChI is InChI=1S/C22H26ClN3O3/c1-14(27)25-13-19-11-18-10-17(12-20(23)21(18)29-19)15-2-4-16(5-3-15)22(28)26-8-6-24-7-9-26/h2-5,10,12,19,22,24,28H,6-9,11,13H2,1H3,(H,25,27). The summed E-state index contributed by atoms with van der Waals surface area (Å²) >= 11 is 6.47. The first kappa shape index (κ1) is 20.2. The minimum Gasteiger partial charge on any atom is -0.486 e. The summed E-state index contributed by atoms with van der Waals surface area (Å²) in [6, 6.07) is 12.0. The number of benzene rings is 2. The van der Waals surface area contributed by atoms with Crippen molar-refractivity contribution in [2.24, 2.45) is 0 Å². The van der Waals surface area contributed by atoms with Gasteiger partial charge in [0, 0.05) is 45.1 Å². The van der Waals surface area contributed by atoms with Crippen LogP contribution >= 0.6 is 11.6 Å². The molecule has 154 valence electrons. The largest absolute Gasteiger partial charge is 0.486 e. The van der Waals surface area contributed by atoms with Crippen molar-refractivity contribution < 1.29 is 14.6 Å². The van der Waals surface area contributed by atoms with Gasteiger partial charge in [-0.3, -0.25) is 9.69 Å². The van der Waals surface area contributed by atoms with E-state index in [1.165, 1.54) is 6.92 Å². The topological polar surface area (TPSA) is 73.8 Å². The molecule has 0 spiro atoms. The smallest absolute Gasteiger partial charge is 0.217 e. The number of amides is 1. The number of ether oxygens (including phenoxy) is 1. The molecule has 2 aromatic carbocycles. The number of rotatable bonds is 5. The van der Waals surface area contributed by atoms with E-state index in [1.54, 1.807) is 0 Å². The second-order valence-corrected chi connectivity index (χ2v) is 8.02. The molecule has 2 unspecified atom stereocenters. The second kappa shape index (κ2) is 8.71. The van der Waals surface area contributed by atoms with Crippen molar-refractivity contribution in [3.05, 3.63) is 52.5 Å². The molecule has 29 heavy (non-hydrogen) atoms. The number of hydrogen-bond donors (Lipinski definition) is 3. The lowest BCUT2D eigenvalue weighted by Gasteiger charge is -2.31. The number of carbonyl (C=O) groups is 1. The Balaban J connectivity index is 1.49. The molecule has 0 aliphatic carbocycles. The molecule has 7 heteroatoms. The van der Waals surface area contributed by atoms with Crippen LogP contribution in [-0.2, 0) is 11.2 Å². The second-order valence-electron chi connectivity index (χ2n) is 7.61. The highest BCUT2D eigenvalue weighted by Gasteiger charge is 2.26. The molecule has 0 bridgehead atoms. The Morgan fingerprint density at radius 3 is 2.69 bits per heavy atom. The van der Waals surface area contributed by atoms with Gasteiger partial charge in [-0.1, -0.05) is 35.9 Å². The van der Waals surface area contributed by atoms with Gasteiger partial charge in [0.15, 0.2) is 0 Å². The van der Waals surface area contributed by atoms with Gasteiger partial charge < -0.3 is 20.5 Å². The molecule has 1 amide bonds. The molecule has 1 saturated heterocycles. The Bertz CT molecular complexity index is 882. The molecule has 6 nitrogen and oxygen atoms in total. The molecular weight excluding hydrogens is 390 g/mol. The van der Waals surface area contributed by atoms with E-state index in [0.717, 1.165) is 48.4 Å². The zero-order valence-electron chi connectivity index (χ0n) is 16.5. The highest BCUT2D eigenvalue weighted by molar-refractivity contribution is 6.32. The molecule has 2 aliphatic heterocycles. The van der Waals surface area contributed by atoms with Crippen LogP contribution in [0.5, 0.6) is 5.75 Å². The minimum atomic E-state index is -0.585. The molecule has 2 atom stereocenters. The number of carbonyl (C=O) groups excluding carboxylic acids is 1. The van der Waals surface area contributed by atoms with Gasteiger partial charge in [-0.2, -0.15) is 0 Å². The number of piperazine rings is 1. The average Bonchev–Trinajstić information content (AvgIpc) is 3.16. The third kappa shape index (κ3) is 4.56. The van der Waals surface area contributed by atoms with E-state index >= 15 is 0 Å². The van der Waals surface area contributed by atoms with Crippen LogP contribution in [0, 0.1) is 0 Å². The number of hydrogen-bond acceptors (Lipinski definition) is 5. The Hall–Kier alpha value is -2.12. The fraction of sp³-hybridized carbons (Fsp3) is 0.409. The van der Waals surface area contributed by atoms with E-state index in [1.807, 2.05) is 30.3 Å². The highest BCUT2D eigenvalue weighted by atomic mass is 35.5. The van der Waals surface area contributed by atoms with Crippen LogP contribution in [0.15, 0.2) is 36.4 Å². The summed E-state index contributed by atoms with van der Waals surface area (Å²) in [4.78, 5) is 13.2. The van der Waals surface area contributed by atoms with Gasteiger partial charge in [-0.25, -0.2) is 0 Å².